The van der Waals surface area contributed by atoms with E-state index in [-0.39, 0.29) is 21.9 Å². The lowest BCUT2D eigenvalue weighted by Gasteiger charge is -2.14. The molecule has 2 rings (SSSR count). The van der Waals surface area contributed by atoms with Crippen molar-refractivity contribution in [1.82, 2.24) is 0 Å². The smallest absolute Gasteiger partial charge is 0.335 e. The molecule has 0 aliphatic carbocycles. The van der Waals surface area contributed by atoms with Crippen LogP contribution in [0.3, 0.4) is 0 Å². The Morgan fingerprint density at radius 3 is 2.42 bits per heavy atom. The topological polar surface area (TPSA) is 92.7 Å². The van der Waals surface area contributed by atoms with Crippen molar-refractivity contribution in [3.63, 3.8) is 0 Å². The van der Waals surface area contributed by atoms with Crippen LogP contribution in [0.5, 0.6) is 5.75 Å². The van der Waals surface area contributed by atoms with Gasteiger partial charge in [0.1, 0.15) is 10.6 Å². The maximum Gasteiger partial charge on any atom is 0.335 e. The normalized spacial score (nSPS) is 11.2. The van der Waals surface area contributed by atoms with Crippen LogP contribution in [0.25, 0.3) is 0 Å². The van der Waals surface area contributed by atoms with E-state index in [1.54, 1.807) is 19.1 Å². The van der Waals surface area contributed by atoms with Gasteiger partial charge in [0.15, 0.2) is 0 Å². The number of methoxy groups -OCH3 is 1. The molecule has 0 aliphatic rings. The molecule has 0 unspecified atom stereocenters. The Kier molecular flexibility index (Phi) is 5.19. The van der Waals surface area contributed by atoms with E-state index >= 15 is 0 Å². The molecule has 8 heteroatoms. The fourth-order valence-corrected chi connectivity index (χ4v) is 3.90. The highest BCUT2D eigenvalue weighted by Gasteiger charge is 2.22. The molecule has 128 valence electrons. The van der Waals surface area contributed by atoms with Gasteiger partial charge in [0.05, 0.1) is 12.7 Å². The first-order valence-corrected chi connectivity index (χ1v) is 9.13. The maximum atomic E-state index is 12.7. The van der Waals surface area contributed by atoms with E-state index < -0.39 is 16.0 Å². The van der Waals surface area contributed by atoms with Crippen molar-refractivity contribution in [2.24, 2.45) is 0 Å². The summed E-state index contributed by atoms with van der Waals surface area (Å²) in [5.41, 5.74) is 1.63. The minimum atomic E-state index is -3.95. The number of ether oxygens (including phenoxy) is 1. The van der Waals surface area contributed by atoms with Crippen molar-refractivity contribution in [3.05, 3.63) is 51.5 Å². The van der Waals surface area contributed by atoms with Crippen LogP contribution >= 0.6 is 15.9 Å². The lowest BCUT2D eigenvalue weighted by Crippen LogP contribution is -2.15. The summed E-state index contributed by atoms with van der Waals surface area (Å²) in [7, 11) is -2.57. The molecule has 0 aliphatic heterocycles. The van der Waals surface area contributed by atoms with Crippen LogP contribution in [0.15, 0.2) is 39.7 Å². The number of aryl methyl sites for hydroxylation is 2. The lowest BCUT2D eigenvalue weighted by atomic mass is 10.1. The predicted molar refractivity (Wildman–Crippen MR) is 94.4 cm³/mol. The SMILES string of the molecule is COc1cc(C)c(Br)cc1S(=O)(=O)Nc1cc(C)cc(C(=O)O)c1. The largest absolute Gasteiger partial charge is 0.495 e. The minimum Gasteiger partial charge on any atom is -0.495 e. The third-order valence-corrected chi connectivity index (χ3v) is 5.57. The molecule has 0 saturated heterocycles. The van der Waals surface area contributed by atoms with Crippen LogP contribution in [0.2, 0.25) is 0 Å². The Labute approximate surface area is 148 Å². The molecule has 6 nitrogen and oxygen atoms in total. The zero-order valence-corrected chi connectivity index (χ0v) is 15.7. The Morgan fingerprint density at radius 2 is 1.83 bits per heavy atom. The van der Waals surface area contributed by atoms with Gasteiger partial charge in [0.25, 0.3) is 10.0 Å². The van der Waals surface area contributed by atoms with E-state index in [9.17, 15) is 13.2 Å². The highest BCUT2D eigenvalue weighted by molar-refractivity contribution is 9.10. The lowest BCUT2D eigenvalue weighted by molar-refractivity contribution is 0.0697. The molecular formula is C16H16BrNO5S. The number of rotatable bonds is 5. The zero-order chi connectivity index (χ0) is 18.1. The number of hydrogen-bond donors (Lipinski definition) is 2. The van der Waals surface area contributed by atoms with E-state index in [4.69, 9.17) is 9.84 Å². The Hall–Kier alpha value is -2.06. The summed E-state index contributed by atoms with van der Waals surface area (Å²) in [4.78, 5) is 11.1. The van der Waals surface area contributed by atoms with Crippen molar-refractivity contribution in [2.45, 2.75) is 18.7 Å². The Morgan fingerprint density at radius 1 is 1.17 bits per heavy atom. The van der Waals surface area contributed by atoms with Crippen LogP contribution in [0.1, 0.15) is 21.5 Å². The number of carboxylic acid groups (broad SMARTS) is 1. The average Bonchev–Trinajstić information content (AvgIpc) is 2.48. The third kappa shape index (κ3) is 3.88. The highest BCUT2D eigenvalue weighted by Crippen LogP contribution is 2.31. The molecule has 2 N–H and O–H groups in total. The monoisotopic (exact) mass is 413 g/mol. The van der Waals surface area contributed by atoms with Crippen LogP contribution in [-0.4, -0.2) is 26.6 Å². The fourth-order valence-electron chi connectivity index (χ4n) is 2.18. The maximum absolute atomic E-state index is 12.7. The molecule has 0 amide bonds. The summed E-state index contributed by atoms with van der Waals surface area (Å²) in [6.45, 7) is 3.50. The number of carbonyl (C=O) groups is 1. The van der Waals surface area contributed by atoms with Gasteiger partial charge in [-0.3, -0.25) is 4.72 Å². The second-order valence-corrected chi connectivity index (χ2v) is 7.76. The molecule has 0 aromatic heterocycles. The van der Waals surface area contributed by atoms with Crippen LogP contribution in [0.4, 0.5) is 5.69 Å². The number of nitrogens with one attached hydrogen (secondary N) is 1. The van der Waals surface area contributed by atoms with Crippen LogP contribution in [-0.2, 0) is 10.0 Å². The first-order valence-electron chi connectivity index (χ1n) is 6.86. The molecule has 0 atom stereocenters. The van der Waals surface area contributed by atoms with Crippen molar-refractivity contribution in [2.75, 3.05) is 11.8 Å². The molecule has 0 bridgehead atoms. The van der Waals surface area contributed by atoms with Crippen LogP contribution in [0, 0.1) is 13.8 Å². The molecule has 0 spiro atoms. The summed E-state index contributed by atoms with van der Waals surface area (Å²) in [5.74, 6) is -0.927. The summed E-state index contributed by atoms with van der Waals surface area (Å²) in [6.07, 6.45) is 0. The van der Waals surface area contributed by atoms with Gasteiger partial charge in [-0.2, -0.15) is 0 Å². The van der Waals surface area contributed by atoms with Gasteiger partial charge in [-0.1, -0.05) is 15.9 Å². The zero-order valence-electron chi connectivity index (χ0n) is 13.3. The predicted octanol–water partition coefficient (Wildman–Crippen LogP) is 3.57. The first-order chi connectivity index (χ1) is 11.1. The van der Waals surface area contributed by atoms with Gasteiger partial charge in [0, 0.05) is 10.2 Å². The quantitative estimate of drug-likeness (QED) is 0.781. The van der Waals surface area contributed by atoms with Crippen molar-refractivity contribution in [3.8, 4) is 5.75 Å². The second kappa shape index (κ2) is 6.82. The number of anilines is 1. The standard InChI is InChI=1S/C16H16BrNO5S/c1-9-4-11(16(19)20)7-12(5-9)18-24(21,22)15-8-13(17)10(2)6-14(15)23-3/h4-8,18H,1-3H3,(H,19,20). The molecule has 0 heterocycles. The molecule has 0 fully saturated rings. The second-order valence-electron chi connectivity index (χ2n) is 5.25. The van der Waals surface area contributed by atoms with E-state index in [0.717, 1.165) is 5.56 Å². The van der Waals surface area contributed by atoms with Crippen molar-refractivity contribution < 1.29 is 23.1 Å². The van der Waals surface area contributed by atoms with Gasteiger partial charge in [0.2, 0.25) is 0 Å². The van der Waals surface area contributed by atoms with Gasteiger partial charge in [-0.25, -0.2) is 13.2 Å². The van der Waals surface area contributed by atoms with Crippen molar-refractivity contribution >= 4 is 37.6 Å². The summed E-state index contributed by atoms with van der Waals surface area (Å²) in [6, 6.07) is 7.34. The number of benzene rings is 2. The molecule has 0 radical (unpaired) electrons. The van der Waals surface area contributed by atoms with Gasteiger partial charge >= 0.3 is 5.97 Å². The Bertz CT molecular complexity index is 909. The average molecular weight is 414 g/mol. The van der Waals surface area contributed by atoms with E-state index in [2.05, 4.69) is 20.7 Å². The van der Waals surface area contributed by atoms with Crippen molar-refractivity contribution in [1.29, 1.82) is 0 Å². The number of hydrogen-bond acceptors (Lipinski definition) is 4. The molecular weight excluding hydrogens is 398 g/mol. The van der Waals surface area contributed by atoms with Gasteiger partial charge in [-0.05, 0) is 55.3 Å². The third-order valence-electron chi connectivity index (χ3n) is 3.31. The van der Waals surface area contributed by atoms with E-state index in [0.29, 0.717) is 10.0 Å². The van der Waals surface area contributed by atoms with E-state index in [1.165, 1.54) is 25.3 Å². The number of carboxylic acids is 1. The molecule has 2 aromatic carbocycles. The molecule has 0 saturated carbocycles. The molecule has 24 heavy (non-hydrogen) atoms. The van der Waals surface area contributed by atoms with Gasteiger partial charge < -0.3 is 9.84 Å². The summed E-state index contributed by atoms with van der Waals surface area (Å²) in [5, 5.41) is 9.09. The minimum absolute atomic E-state index is 0.00440. The van der Waals surface area contributed by atoms with Crippen LogP contribution < -0.4 is 9.46 Å². The van der Waals surface area contributed by atoms with E-state index in [1.807, 2.05) is 6.92 Å². The summed E-state index contributed by atoms with van der Waals surface area (Å²) < 4.78 is 33.5. The molecule has 2 aromatic rings. The first kappa shape index (κ1) is 18.3. The number of halogens is 1. The number of aromatic carboxylic acids is 1. The summed E-state index contributed by atoms with van der Waals surface area (Å²) >= 11 is 3.30. The highest BCUT2D eigenvalue weighted by atomic mass is 79.9. The Balaban J connectivity index is 2.50. The van der Waals surface area contributed by atoms with Gasteiger partial charge in [-0.15, -0.1) is 0 Å². The fraction of sp³-hybridized carbons (Fsp3) is 0.188. The number of sulfonamides is 1.